The molecule has 1 saturated heterocycles. The van der Waals surface area contributed by atoms with Gasteiger partial charge in [0.1, 0.15) is 0 Å². The molecule has 0 spiro atoms. The number of allylic oxidation sites excluding steroid dienone is 1. The van der Waals surface area contributed by atoms with Crippen molar-refractivity contribution >= 4 is 5.91 Å². The normalized spacial score (nSPS) is 35.8. The van der Waals surface area contributed by atoms with Crippen molar-refractivity contribution in [1.29, 1.82) is 0 Å². The van der Waals surface area contributed by atoms with Gasteiger partial charge < -0.3 is 10.6 Å². The van der Waals surface area contributed by atoms with Crippen LogP contribution >= 0.6 is 0 Å². The zero-order chi connectivity index (χ0) is 11.7. The maximum absolute atomic E-state index is 12.2. The van der Waals surface area contributed by atoms with Crippen molar-refractivity contribution in [3.8, 4) is 0 Å². The minimum atomic E-state index is 0.249. The summed E-state index contributed by atoms with van der Waals surface area (Å²) in [7, 11) is 0. The quantitative estimate of drug-likeness (QED) is 0.728. The smallest absolute Gasteiger partial charge is 0.225 e. The number of carbonyl (C=O) groups is 1. The van der Waals surface area contributed by atoms with Crippen molar-refractivity contribution in [2.45, 2.75) is 44.6 Å². The first-order chi connectivity index (χ1) is 8.34. The Morgan fingerprint density at radius 3 is 2.94 bits per heavy atom. The molecule has 3 rings (SSSR count). The molecule has 0 radical (unpaired) electrons. The molecule has 1 amide bonds. The third-order valence-electron chi connectivity index (χ3n) is 4.61. The monoisotopic (exact) mass is 234 g/mol. The third kappa shape index (κ3) is 2.25. The molecule has 1 aliphatic heterocycles. The number of rotatable bonds is 3. The van der Waals surface area contributed by atoms with E-state index in [0.717, 1.165) is 13.1 Å². The van der Waals surface area contributed by atoms with E-state index in [1.165, 1.54) is 44.1 Å². The Balaban J connectivity index is 1.52. The first-order valence-corrected chi connectivity index (χ1v) is 7.03. The van der Waals surface area contributed by atoms with Crippen LogP contribution < -0.4 is 10.6 Å². The Hall–Kier alpha value is -0.830. The van der Waals surface area contributed by atoms with Crippen molar-refractivity contribution in [2.24, 2.45) is 11.8 Å². The van der Waals surface area contributed by atoms with E-state index in [1.807, 2.05) is 0 Å². The van der Waals surface area contributed by atoms with Gasteiger partial charge in [-0.15, -0.1) is 0 Å². The summed E-state index contributed by atoms with van der Waals surface area (Å²) in [6.45, 7) is 1.83. The standard InChI is InChI=1S/C14H22N2O/c17-14(13-11-6-7-12(13)15-9-11)16-8-10-4-2-1-3-5-10/h4,11-13,15H,1-3,5-9H2,(H,16,17)/t11-,12-,13+/m0/s1. The second kappa shape index (κ2) is 4.81. The van der Waals surface area contributed by atoms with E-state index < -0.39 is 0 Å². The maximum Gasteiger partial charge on any atom is 0.225 e. The predicted octanol–water partition coefficient (Wildman–Crippen LogP) is 1.60. The van der Waals surface area contributed by atoms with Crippen LogP contribution in [0.5, 0.6) is 0 Å². The molecule has 2 aliphatic carbocycles. The number of piperidine rings is 1. The molecule has 94 valence electrons. The molecule has 0 aromatic carbocycles. The summed E-state index contributed by atoms with van der Waals surface area (Å²) in [6, 6.07) is 0.459. The van der Waals surface area contributed by atoms with Gasteiger partial charge in [0.05, 0.1) is 5.92 Å². The second-order valence-electron chi connectivity index (χ2n) is 5.70. The number of fused-ring (bicyclic) bond motifs is 2. The molecule has 3 heteroatoms. The van der Waals surface area contributed by atoms with Crippen LogP contribution in [-0.2, 0) is 4.79 Å². The first-order valence-electron chi connectivity index (χ1n) is 7.03. The topological polar surface area (TPSA) is 41.1 Å². The Morgan fingerprint density at radius 1 is 1.41 bits per heavy atom. The molecule has 2 fully saturated rings. The van der Waals surface area contributed by atoms with Crippen LogP contribution in [0.3, 0.4) is 0 Å². The Bertz CT molecular complexity index is 317. The molecule has 3 aliphatic rings. The van der Waals surface area contributed by atoms with Crippen molar-refractivity contribution in [3.05, 3.63) is 11.6 Å². The Morgan fingerprint density at radius 2 is 2.35 bits per heavy atom. The van der Waals surface area contributed by atoms with E-state index in [4.69, 9.17) is 0 Å². The van der Waals surface area contributed by atoms with Crippen LogP contribution in [0.4, 0.5) is 0 Å². The van der Waals surface area contributed by atoms with Gasteiger partial charge in [0, 0.05) is 12.6 Å². The van der Waals surface area contributed by atoms with Gasteiger partial charge in [0.2, 0.25) is 5.91 Å². The maximum atomic E-state index is 12.2. The lowest BCUT2D eigenvalue weighted by Gasteiger charge is -2.17. The van der Waals surface area contributed by atoms with Crippen molar-refractivity contribution in [3.63, 3.8) is 0 Å². The predicted molar refractivity (Wildman–Crippen MR) is 67.6 cm³/mol. The molecule has 1 saturated carbocycles. The van der Waals surface area contributed by atoms with E-state index in [2.05, 4.69) is 16.7 Å². The van der Waals surface area contributed by atoms with Crippen LogP contribution in [0.1, 0.15) is 38.5 Å². The lowest BCUT2D eigenvalue weighted by atomic mass is 9.96. The first kappa shape index (κ1) is 11.3. The van der Waals surface area contributed by atoms with Gasteiger partial charge in [0.25, 0.3) is 0 Å². The molecule has 3 nitrogen and oxygen atoms in total. The average Bonchev–Trinajstić information content (AvgIpc) is 2.97. The van der Waals surface area contributed by atoms with Crippen LogP contribution in [0.2, 0.25) is 0 Å². The van der Waals surface area contributed by atoms with Gasteiger partial charge in [-0.2, -0.15) is 0 Å². The largest absolute Gasteiger partial charge is 0.352 e. The highest BCUT2D eigenvalue weighted by Gasteiger charge is 2.45. The van der Waals surface area contributed by atoms with E-state index in [0.29, 0.717) is 12.0 Å². The molecule has 0 aromatic heterocycles. The highest BCUT2D eigenvalue weighted by atomic mass is 16.2. The lowest BCUT2D eigenvalue weighted by Crippen LogP contribution is -2.37. The summed E-state index contributed by atoms with van der Waals surface area (Å²) in [5.74, 6) is 1.13. The molecule has 1 heterocycles. The lowest BCUT2D eigenvalue weighted by molar-refractivity contribution is -0.125. The van der Waals surface area contributed by atoms with Crippen LogP contribution in [0, 0.1) is 11.8 Å². The van der Waals surface area contributed by atoms with Gasteiger partial charge >= 0.3 is 0 Å². The van der Waals surface area contributed by atoms with E-state index in [9.17, 15) is 4.79 Å². The molecule has 0 unspecified atom stereocenters. The molecular formula is C14H22N2O. The fourth-order valence-electron chi connectivity index (χ4n) is 3.62. The summed E-state index contributed by atoms with van der Waals surface area (Å²) in [6.07, 6.45) is 9.71. The van der Waals surface area contributed by atoms with Crippen LogP contribution in [0.15, 0.2) is 11.6 Å². The third-order valence-corrected chi connectivity index (χ3v) is 4.61. The molecular weight excluding hydrogens is 212 g/mol. The average molecular weight is 234 g/mol. The van der Waals surface area contributed by atoms with Gasteiger partial charge in [-0.3, -0.25) is 4.79 Å². The highest BCUT2D eigenvalue weighted by molar-refractivity contribution is 5.80. The molecule has 3 atom stereocenters. The SMILES string of the molecule is O=C(NCC1=CCCCC1)[C@@H]1[C@H]2CC[C@@H]1NC2. The van der Waals surface area contributed by atoms with Crippen molar-refractivity contribution < 1.29 is 4.79 Å². The van der Waals surface area contributed by atoms with Gasteiger partial charge in [0.15, 0.2) is 0 Å². The minimum Gasteiger partial charge on any atom is -0.352 e. The second-order valence-corrected chi connectivity index (χ2v) is 5.70. The van der Waals surface area contributed by atoms with E-state index in [-0.39, 0.29) is 11.8 Å². The zero-order valence-electron chi connectivity index (χ0n) is 10.4. The number of amides is 1. The summed E-state index contributed by atoms with van der Waals surface area (Å²) >= 11 is 0. The van der Waals surface area contributed by atoms with E-state index >= 15 is 0 Å². The zero-order valence-corrected chi connectivity index (χ0v) is 10.4. The van der Waals surface area contributed by atoms with Gasteiger partial charge in [-0.25, -0.2) is 0 Å². The Kier molecular flexibility index (Phi) is 3.19. The number of nitrogens with one attached hydrogen (secondary N) is 2. The highest BCUT2D eigenvalue weighted by Crippen LogP contribution is 2.36. The van der Waals surface area contributed by atoms with Gasteiger partial charge in [-0.1, -0.05) is 11.6 Å². The summed E-state index contributed by atoms with van der Waals surface area (Å²) < 4.78 is 0. The van der Waals surface area contributed by atoms with Crippen molar-refractivity contribution in [1.82, 2.24) is 10.6 Å². The number of carbonyl (C=O) groups excluding carboxylic acids is 1. The fourth-order valence-corrected chi connectivity index (χ4v) is 3.62. The van der Waals surface area contributed by atoms with E-state index in [1.54, 1.807) is 0 Å². The molecule has 17 heavy (non-hydrogen) atoms. The number of hydrogen-bond donors (Lipinski definition) is 2. The molecule has 2 N–H and O–H groups in total. The fraction of sp³-hybridized carbons (Fsp3) is 0.786. The Labute approximate surface area is 103 Å². The van der Waals surface area contributed by atoms with Gasteiger partial charge in [-0.05, 0) is 51.0 Å². The van der Waals surface area contributed by atoms with Crippen molar-refractivity contribution in [2.75, 3.05) is 13.1 Å². The minimum absolute atomic E-state index is 0.249. The molecule has 2 bridgehead atoms. The summed E-state index contributed by atoms with van der Waals surface area (Å²) in [5, 5.41) is 6.60. The summed E-state index contributed by atoms with van der Waals surface area (Å²) in [4.78, 5) is 12.2. The molecule has 0 aromatic rings. The number of hydrogen-bond acceptors (Lipinski definition) is 2. The van der Waals surface area contributed by atoms with Crippen LogP contribution in [-0.4, -0.2) is 25.0 Å². The van der Waals surface area contributed by atoms with Crippen LogP contribution in [0.25, 0.3) is 0 Å². The summed E-state index contributed by atoms with van der Waals surface area (Å²) in [5.41, 5.74) is 1.43.